The Morgan fingerprint density at radius 3 is 2.58 bits per heavy atom. The molecular formula is C17H14BrF3N4O. The third-order valence-electron chi connectivity index (χ3n) is 4.20. The highest BCUT2D eigenvalue weighted by atomic mass is 79.9. The normalized spacial score (nSPS) is 14.8. The van der Waals surface area contributed by atoms with E-state index in [1.807, 2.05) is 30.3 Å². The van der Waals surface area contributed by atoms with Gasteiger partial charge in [-0.1, -0.05) is 35.5 Å². The van der Waals surface area contributed by atoms with Crippen LogP contribution < -0.4 is 0 Å². The second kappa shape index (κ2) is 6.53. The number of hydrogen-bond donors (Lipinski definition) is 0. The Bertz CT molecular complexity index is 916. The Balaban J connectivity index is 1.54. The van der Waals surface area contributed by atoms with Crippen LogP contribution in [-0.4, -0.2) is 19.9 Å². The summed E-state index contributed by atoms with van der Waals surface area (Å²) in [5.41, 5.74) is 0.539. The Morgan fingerprint density at radius 1 is 1.19 bits per heavy atom. The molecule has 3 aromatic rings. The molecule has 0 radical (unpaired) electrons. The van der Waals surface area contributed by atoms with E-state index < -0.39 is 11.9 Å². The lowest BCUT2D eigenvalue weighted by Crippen LogP contribution is -2.10. The van der Waals surface area contributed by atoms with Crippen LogP contribution in [0.15, 0.2) is 39.3 Å². The molecule has 2 aromatic heterocycles. The molecule has 0 atom stereocenters. The summed E-state index contributed by atoms with van der Waals surface area (Å²) in [6.07, 6.45) is -2.43. The van der Waals surface area contributed by atoms with E-state index in [2.05, 4.69) is 31.2 Å². The molecule has 0 unspecified atom stereocenters. The van der Waals surface area contributed by atoms with E-state index in [4.69, 9.17) is 4.52 Å². The lowest BCUT2D eigenvalue weighted by atomic mass is 10.2. The molecule has 1 aliphatic rings. The molecule has 1 fully saturated rings. The van der Waals surface area contributed by atoms with Crippen LogP contribution in [0.25, 0.3) is 11.4 Å². The van der Waals surface area contributed by atoms with Crippen LogP contribution in [0.1, 0.15) is 36.0 Å². The SMILES string of the molecule is FC(F)(F)c1nn(CCc2nc(-c3ccccc3)no2)c(C2CC2)c1Br. The first-order valence-electron chi connectivity index (χ1n) is 8.15. The fourth-order valence-corrected chi connectivity index (χ4v) is 3.65. The van der Waals surface area contributed by atoms with Gasteiger partial charge in [-0.15, -0.1) is 0 Å². The first kappa shape index (κ1) is 17.3. The van der Waals surface area contributed by atoms with Crippen molar-refractivity contribution in [2.45, 2.75) is 37.9 Å². The fourth-order valence-electron chi connectivity index (χ4n) is 2.81. The van der Waals surface area contributed by atoms with Gasteiger partial charge in [-0.05, 0) is 28.8 Å². The summed E-state index contributed by atoms with van der Waals surface area (Å²) in [5, 5.41) is 7.70. The number of hydrogen-bond acceptors (Lipinski definition) is 4. The molecule has 1 aromatic carbocycles. The Kier molecular flexibility index (Phi) is 4.34. The van der Waals surface area contributed by atoms with Crippen molar-refractivity contribution in [3.05, 3.63) is 52.1 Å². The first-order chi connectivity index (χ1) is 12.4. The summed E-state index contributed by atoms with van der Waals surface area (Å²) in [6.45, 7) is 0.247. The van der Waals surface area contributed by atoms with Gasteiger partial charge in [-0.2, -0.15) is 23.3 Å². The van der Waals surface area contributed by atoms with Crippen molar-refractivity contribution in [2.24, 2.45) is 0 Å². The maximum absolute atomic E-state index is 13.1. The number of aromatic nitrogens is 4. The molecule has 136 valence electrons. The number of benzene rings is 1. The van der Waals surface area contributed by atoms with E-state index in [0.29, 0.717) is 23.8 Å². The van der Waals surface area contributed by atoms with Gasteiger partial charge in [0.1, 0.15) is 0 Å². The van der Waals surface area contributed by atoms with E-state index in [0.717, 1.165) is 18.4 Å². The molecule has 9 heteroatoms. The smallest absolute Gasteiger partial charge is 0.339 e. The average Bonchev–Trinajstić information content (AvgIpc) is 3.22. The van der Waals surface area contributed by atoms with Crippen LogP contribution in [0.4, 0.5) is 13.2 Å². The molecule has 0 bridgehead atoms. The van der Waals surface area contributed by atoms with E-state index >= 15 is 0 Å². The van der Waals surface area contributed by atoms with E-state index in [-0.39, 0.29) is 16.9 Å². The van der Waals surface area contributed by atoms with E-state index in [1.54, 1.807) is 0 Å². The second-order valence-corrected chi connectivity index (χ2v) is 6.96. The zero-order valence-electron chi connectivity index (χ0n) is 13.5. The molecule has 0 aliphatic heterocycles. The molecule has 5 nitrogen and oxygen atoms in total. The predicted octanol–water partition coefficient (Wildman–Crippen LogP) is 4.83. The molecule has 1 aliphatic carbocycles. The third-order valence-corrected chi connectivity index (χ3v) is 4.98. The lowest BCUT2D eigenvalue weighted by molar-refractivity contribution is -0.142. The number of nitrogens with zero attached hydrogens (tertiary/aromatic N) is 4. The molecule has 0 amide bonds. The van der Waals surface area contributed by atoms with Crippen LogP contribution in [0.5, 0.6) is 0 Å². The van der Waals surface area contributed by atoms with Gasteiger partial charge in [0.2, 0.25) is 11.7 Å². The molecule has 26 heavy (non-hydrogen) atoms. The highest BCUT2D eigenvalue weighted by Crippen LogP contribution is 2.47. The van der Waals surface area contributed by atoms with Crippen molar-refractivity contribution < 1.29 is 17.7 Å². The number of aryl methyl sites for hydroxylation is 2. The number of rotatable bonds is 5. The molecular weight excluding hydrogens is 413 g/mol. The van der Waals surface area contributed by atoms with Gasteiger partial charge in [0.15, 0.2) is 5.69 Å². The summed E-state index contributed by atoms with van der Waals surface area (Å²) in [5.74, 6) is 0.946. The Hall–Kier alpha value is -2.16. The average molecular weight is 427 g/mol. The van der Waals surface area contributed by atoms with Crippen molar-refractivity contribution in [3.8, 4) is 11.4 Å². The minimum Gasteiger partial charge on any atom is -0.339 e. The van der Waals surface area contributed by atoms with Crippen LogP contribution in [0.3, 0.4) is 0 Å². The topological polar surface area (TPSA) is 56.7 Å². The zero-order valence-corrected chi connectivity index (χ0v) is 15.1. The molecule has 0 saturated heterocycles. The van der Waals surface area contributed by atoms with Crippen molar-refractivity contribution in [1.29, 1.82) is 0 Å². The van der Waals surface area contributed by atoms with Gasteiger partial charge in [0.25, 0.3) is 0 Å². The van der Waals surface area contributed by atoms with E-state index in [1.165, 1.54) is 4.68 Å². The van der Waals surface area contributed by atoms with Crippen LogP contribution in [0.2, 0.25) is 0 Å². The quantitative estimate of drug-likeness (QED) is 0.585. The summed E-state index contributed by atoms with van der Waals surface area (Å²) in [7, 11) is 0. The first-order valence-corrected chi connectivity index (χ1v) is 8.94. The van der Waals surface area contributed by atoms with Crippen LogP contribution in [-0.2, 0) is 19.1 Å². The van der Waals surface area contributed by atoms with Gasteiger partial charge in [-0.25, -0.2) is 0 Å². The summed E-state index contributed by atoms with van der Waals surface area (Å²) < 4.78 is 46.1. The van der Waals surface area contributed by atoms with Gasteiger partial charge in [0.05, 0.1) is 16.7 Å². The van der Waals surface area contributed by atoms with Gasteiger partial charge in [-0.3, -0.25) is 4.68 Å². The highest BCUT2D eigenvalue weighted by molar-refractivity contribution is 9.10. The van der Waals surface area contributed by atoms with Crippen molar-refractivity contribution in [2.75, 3.05) is 0 Å². The van der Waals surface area contributed by atoms with Crippen LogP contribution in [0, 0.1) is 0 Å². The standard InChI is InChI=1S/C17H14BrF3N4O/c18-13-14(10-6-7-10)25(23-15(13)17(19,20)21)9-8-12-22-16(24-26-12)11-4-2-1-3-5-11/h1-5,10H,6-9H2. The Morgan fingerprint density at radius 2 is 1.92 bits per heavy atom. The minimum atomic E-state index is -4.49. The van der Waals surface area contributed by atoms with Gasteiger partial charge in [0, 0.05) is 17.9 Å². The van der Waals surface area contributed by atoms with E-state index in [9.17, 15) is 13.2 Å². The maximum atomic E-state index is 13.1. The van der Waals surface area contributed by atoms with Crippen molar-refractivity contribution >= 4 is 15.9 Å². The molecule has 4 rings (SSSR count). The predicted molar refractivity (Wildman–Crippen MR) is 90.3 cm³/mol. The highest BCUT2D eigenvalue weighted by Gasteiger charge is 2.41. The van der Waals surface area contributed by atoms with Crippen molar-refractivity contribution in [1.82, 2.24) is 19.9 Å². The maximum Gasteiger partial charge on any atom is 0.436 e. The molecule has 1 saturated carbocycles. The van der Waals surface area contributed by atoms with Crippen LogP contribution >= 0.6 is 15.9 Å². The molecule has 0 spiro atoms. The summed E-state index contributed by atoms with van der Waals surface area (Å²) in [6, 6.07) is 9.35. The van der Waals surface area contributed by atoms with Gasteiger partial charge < -0.3 is 4.52 Å². The summed E-state index contributed by atoms with van der Waals surface area (Å²) in [4.78, 5) is 4.31. The number of alkyl halides is 3. The third kappa shape index (κ3) is 3.40. The Labute approximate surface area is 155 Å². The van der Waals surface area contributed by atoms with Gasteiger partial charge >= 0.3 is 6.18 Å². The summed E-state index contributed by atoms with van der Waals surface area (Å²) >= 11 is 3.08. The van der Waals surface area contributed by atoms with Crippen molar-refractivity contribution in [3.63, 3.8) is 0 Å². The zero-order chi connectivity index (χ0) is 18.3. The lowest BCUT2D eigenvalue weighted by Gasteiger charge is -2.04. The molecule has 0 N–H and O–H groups in total. The monoisotopic (exact) mass is 426 g/mol. The fraction of sp³-hybridized carbons (Fsp3) is 0.353. The number of halogens is 4. The molecule has 2 heterocycles. The minimum absolute atomic E-state index is 0.0444. The largest absolute Gasteiger partial charge is 0.436 e. The second-order valence-electron chi connectivity index (χ2n) is 6.17.